The highest BCUT2D eigenvalue weighted by Crippen LogP contribution is 2.10. The second-order valence-electron chi connectivity index (χ2n) is 3.49. The summed E-state index contributed by atoms with van der Waals surface area (Å²) in [7, 11) is 1.33. The fourth-order valence-corrected chi connectivity index (χ4v) is 2.08. The lowest BCUT2D eigenvalue weighted by molar-refractivity contribution is 0.0563. The molecule has 0 saturated heterocycles. The van der Waals surface area contributed by atoms with Crippen LogP contribution in [0.2, 0.25) is 0 Å². The van der Waals surface area contributed by atoms with Crippen molar-refractivity contribution in [2.24, 2.45) is 0 Å². The normalized spacial score (nSPS) is 10.4. The Labute approximate surface area is 103 Å². The minimum absolute atomic E-state index is 0.236. The number of ether oxygens (including phenoxy) is 1. The van der Waals surface area contributed by atoms with Gasteiger partial charge in [-0.2, -0.15) is 11.3 Å². The van der Waals surface area contributed by atoms with E-state index < -0.39 is 5.97 Å². The smallest absolute Gasteiger partial charge is 0.373 e. The number of furan rings is 1. The number of thiophene rings is 1. The molecule has 1 N–H and O–H groups in total. The number of carbonyl (C=O) groups excluding carboxylic acids is 1. The largest absolute Gasteiger partial charge is 0.463 e. The van der Waals surface area contributed by atoms with Gasteiger partial charge in [0.25, 0.3) is 0 Å². The van der Waals surface area contributed by atoms with Crippen molar-refractivity contribution in [2.45, 2.75) is 13.1 Å². The molecule has 2 aromatic heterocycles. The summed E-state index contributed by atoms with van der Waals surface area (Å²) in [6.45, 7) is 1.38. The lowest BCUT2D eigenvalue weighted by Crippen LogP contribution is -2.11. The highest BCUT2D eigenvalue weighted by molar-refractivity contribution is 7.07. The van der Waals surface area contributed by atoms with Gasteiger partial charge in [0.1, 0.15) is 5.76 Å². The topological polar surface area (TPSA) is 51.5 Å². The van der Waals surface area contributed by atoms with E-state index in [1.54, 1.807) is 23.5 Å². The first-order chi connectivity index (χ1) is 8.29. The highest BCUT2D eigenvalue weighted by atomic mass is 32.1. The first-order valence-electron chi connectivity index (χ1n) is 5.18. The molecule has 0 fully saturated rings. The molecular weight excluding hydrogens is 238 g/mol. The highest BCUT2D eigenvalue weighted by Gasteiger charge is 2.10. The van der Waals surface area contributed by atoms with Gasteiger partial charge in [-0.25, -0.2) is 4.79 Å². The minimum Gasteiger partial charge on any atom is -0.463 e. The zero-order chi connectivity index (χ0) is 12.1. The van der Waals surface area contributed by atoms with Crippen molar-refractivity contribution in [1.29, 1.82) is 0 Å². The van der Waals surface area contributed by atoms with Gasteiger partial charge in [-0.3, -0.25) is 0 Å². The number of rotatable bonds is 5. The summed E-state index contributed by atoms with van der Waals surface area (Å²) in [5.74, 6) is 0.509. The SMILES string of the molecule is COC(=O)c1ccc(CNCc2ccsc2)o1. The molecule has 0 spiro atoms. The summed E-state index contributed by atoms with van der Waals surface area (Å²) in [4.78, 5) is 11.2. The molecule has 5 heteroatoms. The van der Waals surface area contributed by atoms with Gasteiger partial charge >= 0.3 is 5.97 Å². The number of methoxy groups -OCH3 is 1. The van der Waals surface area contributed by atoms with Crippen molar-refractivity contribution < 1.29 is 13.9 Å². The Morgan fingerprint density at radius 2 is 2.29 bits per heavy atom. The molecule has 2 rings (SSSR count). The van der Waals surface area contributed by atoms with Crippen LogP contribution in [-0.2, 0) is 17.8 Å². The van der Waals surface area contributed by atoms with Crippen molar-refractivity contribution in [2.75, 3.05) is 7.11 Å². The molecule has 0 aromatic carbocycles. The van der Waals surface area contributed by atoms with Gasteiger partial charge in [0, 0.05) is 6.54 Å². The molecule has 0 amide bonds. The molecular formula is C12H13NO3S. The molecule has 17 heavy (non-hydrogen) atoms. The van der Waals surface area contributed by atoms with Crippen molar-refractivity contribution in [1.82, 2.24) is 5.32 Å². The third kappa shape index (κ3) is 3.18. The minimum atomic E-state index is -0.450. The molecule has 0 aliphatic heterocycles. The first kappa shape index (κ1) is 11.9. The van der Waals surface area contributed by atoms with Crippen LogP contribution >= 0.6 is 11.3 Å². The third-order valence-electron chi connectivity index (χ3n) is 2.26. The fraction of sp³-hybridized carbons (Fsp3) is 0.250. The van der Waals surface area contributed by atoms with Crippen LogP contribution in [0.25, 0.3) is 0 Å². The Hall–Kier alpha value is -1.59. The molecule has 0 saturated carbocycles. The van der Waals surface area contributed by atoms with Crippen LogP contribution in [0.3, 0.4) is 0 Å². The summed E-state index contributed by atoms with van der Waals surface area (Å²) in [6, 6.07) is 5.46. The molecule has 4 nitrogen and oxygen atoms in total. The molecule has 0 aliphatic rings. The Kier molecular flexibility index (Phi) is 3.95. The Bertz CT molecular complexity index is 476. The molecule has 0 bridgehead atoms. The van der Waals surface area contributed by atoms with Gasteiger partial charge in [-0.15, -0.1) is 0 Å². The van der Waals surface area contributed by atoms with E-state index in [1.165, 1.54) is 12.7 Å². The predicted molar refractivity (Wildman–Crippen MR) is 64.9 cm³/mol. The maximum absolute atomic E-state index is 11.2. The molecule has 0 aliphatic carbocycles. The molecule has 0 unspecified atom stereocenters. The number of hydrogen-bond acceptors (Lipinski definition) is 5. The number of esters is 1. The molecule has 2 heterocycles. The predicted octanol–water partition coefficient (Wildman–Crippen LogP) is 2.42. The van der Waals surface area contributed by atoms with Gasteiger partial charge < -0.3 is 14.5 Å². The fourth-order valence-electron chi connectivity index (χ4n) is 1.41. The van der Waals surface area contributed by atoms with E-state index in [1.807, 2.05) is 5.38 Å². The van der Waals surface area contributed by atoms with Crippen molar-refractivity contribution in [3.05, 3.63) is 46.0 Å². The number of hydrogen-bond donors (Lipinski definition) is 1. The van der Waals surface area contributed by atoms with Crippen LogP contribution in [0, 0.1) is 0 Å². The summed E-state index contributed by atoms with van der Waals surface area (Å²) < 4.78 is 9.88. The number of carbonyl (C=O) groups is 1. The average molecular weight is 251 g/mol. The van der Waals surface area contributed by atoms with Crippen molar-refractivity contribution >= 4 is 17.3 Å². The summed E-state index contributed by atoms with van der Waals surface area (Å²) in [6.07, 6.45) is 0. The van der Waals surface area contributed by atoms with Crippen molar-refractivity contribution in [3.8, 4) is 0 Å². The Morgan fingerprint density at radius 1 is 1.41 bits per heavy atom. The Balaban J connectivity index is 1.83. The molecule has 0 radical (unpaired) electrons. The van der Waals surface area contributed by atoms with Gasteiger partial charge in [0.05, 0.1) is 13.7 Å². The van der Waals surface area contributed by atoms with E-state index in [0.717, 1.165) is 12.3 Å². The molecule has 90 valence electrons. The summed E-state index contributed by atoms with van der Waals surface area (Å²) >= 11 is 1.67. The van der Waals surface area contributed by atoms with Crippen LogP contribution in [0.15, 0.2) is 33.4 Å². The standard InChI is InChI=1S/C12H13NO3S/c1-15-12(14)11-3-2-10(16-11)7-13-6-9-4-5-17-8-9/h2-5,8,13H,6-7H2,1H3. The quantitative estimate of drug-likeness (QED) is 0.829. The lowest BCUT2D eigenvalue weighted by Gasteiger charge is -2.00. The summed E-state index contributed by atoms with van der Waals surface area (Å²) in [5.41, 5.74) is 1.25. The zero-order valence-electron chi connectivity index (χ0n) is 9.43. The maximum Gasteiger partial charge on any atom is 0.373 e. The van der Waals surface area contributed by atoms with Crippen LogP contribution in [-0.4, -0.2) is 13.1 Å². The van der Waals surface area contributed by atoms with E-state index in [0.29, 0.717) is 6.54 Å². The van der Waals surface area contributed by atoms with E-state index >= 15 is 0 Å². The van der Waals surface area contributed by atoms with Gasteiger partial charge in [-0.05, 0) is 34.5 Å². The van der Waals surface area contributed by atoms with E-state index in [2.05, 4.69) is 21.5 Å². The zero-order valence-corrected chi connectivity index (χ0v) is 10.3. The van der Waals surface area contributed by atoms with Crippen LogP contribution < -0.4 is 5.32 Å². The number of nitrogens with one attached hydrogen (secondary N) is 1. The van der Waals surface area contributed by atoms with Gasteiger partial charge in [-0.1, -0.05) is 0 Å². The van der Waals surface area contributed by atoms with Crippen LogP contribution in [0.1, 0.15) is 21.9 Å². The first-order valence-corrected chi connectivity index (χ1v) is 6.12. The van der Waals surface area contributed by atoms with E-state index in [4.69, 9.17) is 4.42 Å². The summed E-state index contributed by atoms with van der Waals surface area (Å²) in [5, 5.41) is 7.37. The second kappa shape index (κ2) is 5.65. The third-order valence-corrected chi connectivity index (χ3v) is 2.99. The van der Waals surface area contributed by atoms with Gasteiger partial charge in [0.2, 0.25) is 5.76 Å². The molecule has 0 atom stereocenters. The second-order valence-corrected chi connectivity index (χ2v) is 4.27. The lowest BCUT2D eigenvalue weighted by atomic mass is 10.3. The Morgan fingerprint density at radius 3 is 3.00 bits per heavy atom. The van der Waals surface area contributed by atoms with E-state index in [-0.39, 0.29) is 5.76 Å². The van der Waals surface area contributed by atoms with Crippen LogP contribution in [0.5, 0.6) is 0 Å². The average Bonchev–Trinajstić information content (AvgIpc) is 2.99. The maximum atomic E-state index is 11.2. The van der Waals surface area contributed by atoms with E-state index in [9.17, 15) is 4.79 Å². The van der Waals surface area contributed by atoms with Crippen LogP contribution in [0.4, 0.5) is 0 Å². The monoisotopic (exact) mass is 251 g/mol. The molecule has 2 aromatic rings. The van der Waals surface area contributed by atoms with Crippen molar-refractivity contribution in [3.63, 3.8) is 0 Å². The van der Waals surface area contributed by atoms with Gasteiger partial charge in [0.15, 0.2) is 0 Å².